The van der Waals surface area contributed by atoms with Gasteiger partial charge in [0.1, 0.15) is 6.61 Å². The van der Waals surface area contributed by atoms with Crippen LogP contribution in [0.2, 0.25) is 0 Å². The molecule has 3 rings (SSSR count). The molecule has 0 radical (unpaired) electrons. The summed E-state index contributed by atoms with van der Waals surface area (Å²) in [6.07, 6.45) is 5.02. The van der Waals surface area contributed by atoms with Crippen molar-refractivity contribution >= 4 is 38.3 Å². The number of nitrogen functional groups attached to an aromatic ring is 1. The molecule has 1 aliphatic rings. The summed E-state index contributed by atoms with van der Waals surface area (Å²) in [6, 6.07) is 5.52. The van der Waals surface area contributed by atoms with Gasteiger partial charge in [-0.2, -0.15) is 0 Å². The van der Waals surface area contributed by atoms with E-state index in [1.54, 1.807) is 6.07 Å². The molecular formula is C15H19N3O2S. The molecule has 0 saturated heterocycles. The summed E-state index contributed by atoms with van der Waals surface area (Å²) >= 11 is 1.42. The fraction of sp³-hybridized carbons (Fsp3) is 0.467. The van der Waals surface area contributed by atoms with Gasteiger partial charge in [0.25, 0.3) is 5.91 Å². The number of hydrogen-bond acceptors (Lipinski definition) is 5. The molecule has 1 aromatic heterocycles. The zero-order chi connectivity index (χ0) is 14.7. The molecule has 0 bridgehead atoms. The first-order chi connectivity index (χ1) is 10.2. The molecular weight excluding hydrogens is 286 g/mol. The number of fused-ring (bicyclic) bond motifs is 1. The zero-order valence-electron chi connectivity index (χ0n) is 11.8. The van der Waals surface area contributed by atoms with Crippen molar-refractivity contribution in [2.24, 2.45) is 5.92 Å². The largest absolute Gasteiger partial charge is 0.399 e. The number of amides is 1. The van der Waals surface area contributed by atoms with E-state index in [9.17, 15) is 4.79 Å². The lowest BCUT2D eigenvalue weighted by Crippen LogP contribution is -2.20. The normalized spacial score (nSPS) is 15.6. The molecule has 112 valence electrons. The first kappa shape index (κ1) is 14.3. The molecule has 1 amide bonds. The third-order valence-corrected chi connectivity index (χ3v) is 4.65. The van der Waals surface area contributed by atoms with Crippen LogP contribution in [0.1, 0.15) is 25.7 Å². The first-order valence-electron chi connectivity index (χ1n) is 7.24. The Bertz CT molecular complexity index is 635. The average Bonchev–Trinajstić information content (AvgIpc) is 3.07. The molecule has 1 heterocycles. The Morgan fingerprint density at radius 3 is 3.05 bits per heavy atom. The van der Waals surface area contributed by atoms with Gasteiger partial charge in [-0.15, -0.1) is 0 Å². The van der Waals surface area contributed by atoms with Crippen LogP contribution in [0.5, 0.6) is 0 Å². The Morgan fingerprint density at radius 1 is 1.43 bits per heavy atom. The van der Waals surface area contributed by atoms with Crippen LogP contribution in [-0.4, -0.2) is 24.1 Å². The first-order valence-corrected chi connectivity index (χ1v) is 8.06. The average molecular weight is 305 g/mol. The predicted octanol–water partition coefficient (Wildman–Crippen LogP) is 3.02. The highest BCUT2D eigenvalue weighted by Gasteiger charge is 2.15. The number of carbonyl (C=O) groups is 1. The van der Waals surface area contributed by atoms with Crippen molar-refractivity contribution in [3.63, 3.8) is 0 Å². The van der Waals surface area contributed by atoms with Crippen LogP contribution < -0.4 is 11.1 Å². The van der Waals surface area contributed by atoms with E-state index in [-0.39, 0.29) is 12.5 Å². The van der Waals surface area contributed by atoms with Crippen molar-refractivity contribution in [2.75, 3.05) is 24.3 Å². The third kappa shape index (κ3) is 3.71. The Balaban J connectivity index is 1.51. The molecule has 0 atom stereocenters. The lowest BCUT2D eigenvalue weighted by Gasteiger charge is -2.09. The van der Waals surface area contributed by atoms with E-state index < -0.39 is 0 Å². The number of carbonyl (C=O) groups excluding carboxylic acids is 1. The van der Waals surface area contributed by atoms with Crippen LogP contribution >= 0.6 is 11.3 Å². The van der Waals surface area contributed by atoms with Crippen molar-refractivity contribution in [1.29, 1.82) is 0 Å². The topological polar surface area (TPSA) is 77.2 Å². The minimum absolute atomic E-state index is 0.0918. The number of nitrogens with one attached hydrogen (secondary N) is 1. The summed E-state index contributed by atoms with van der Waals surface area (Å²) in [5, 5.41) is 3.37. The maximum atomic E-state index is 11.8. The molecule has 0 aliphatic heterocycles. The summed E-state index contributed by atoms with van der Waals surface area (Å²) in [7, 11) is 0. The van der Waals surface area contributed by atoms with Crippen LogP contribution in [0.25, 0.3) is 10.2 Å². The maximum Gasteiger partial charge on any atom is 0.252 e. The Kier molecular flexibility index (Phi) is 4.36. The van der Waals surface area contributed by atoms with Gasteiger partial charge in [0.2, 0.25) is 0 Å². The van der Waals surface area contributed by atoms with E-state index in [4.69, 9.17) is 10.5 Å². The number of rotatable bonds is 5. The van der Waals surface area contributed by atoms with Gasteiger partial charge >= 0.3 is 0 Å². The van der Waals surface area contributed by atoms with E-state index >= 15 is 0 Å². The molecule has 2 aromatic rings. The summed E-state index contributed by atoms with van der Waals surface area (Å²) < 4.78 is 6.46. The van der Waals surface area contributed by atoms with Gasteiger partial charge in [0.05, 0.1) is 16.8 Å². The second kappa shape index (κ2) is 6.41. The van der Waals surface area contributed by atoms with E-state index in [0.29, 0.717) is 23.3 Å². The van der Waals surface area contributed by atoms with Gasteiger partial charge in [-0.25, -0.2) is 4.98 Å². The lowest BCUT2D eigenvalue weighted by atomic mass is 10.1. The van der Waals surface area contributed by atoms with Crippen LogP contribution in [0, 0.1) is 5.92 Å². The standard InChI is InChI=1S/C15H19N3O2S/c16-11-5-6-12-13(7-11)21-15(17-12)18-14(19)9-20-8-10-3-1-2-4-10/h5-7,10H,1-4,8-9,16H2,(H,17,18,19). The predicted molar refractivity (Wildman–Crippen MR) is 85.4 cm³/mol. The molecule has 1 aliphatic carbocycles. The molecule has 3 N–H and O–H groups in total. The second-order valence-electron chi connectivity index (χ2n) is 5.46. The fourth-order valence-electron chi connectivity index (χ4n) is 2.65. The van der Waals surface area contributed by atoms with Crippen molar-refractivity contribution in [3.8, 4) is 0 Å². The van der Waals surface area contributed by atoms with Crippen molar-refractivity contribution in [1.82, 2.24) is 4.98 Å². The van der Waals surface area contributed by atoms with Gasteiger partial charge in [0, 0.05) is 5.69 Å². The second-order valence-corrected chi connectivity index (χ2v) is 6.49. The molecule has 0 unspecified atom stereocenters. The number of anilines is 2. The number of nitrogens with zero attached hydrogens (tertiary/aromatic N) is 1. The zero-order valence-corrected chi connectivity index (χ0v) is 12.6. The van der Waals surface area contributed by atoms with E-state index in [1.165, 1.54) is 37.0 Å². The molecule has 1 saturated carbocycles. The quantitative estimate of drug-likeness (QED) is 0.832. The van der Waals surface area contributed by atoms with Gasteiger partial charge in [0.15, 0.2) is 5.13 Å². The van der Waals surface area contributed by atoms with Gasteiger partial charge in [-0.1, -0.05) is 24.2 Å². The molecule has 6 heteroatoms. The highest BCUT2D eigenvalue weighted by molar-refractivity contribution is 7.22. The number of ether oxygens (including phenoxy) is 1. The third-order valence-electron chi connectivity index (χ3n) is 3.72. The van der Waals surface area contributed by atoms with Crippen LogP contribution in [0.15, 0.2) is 18.2 Å². The van der Waals surface area contributed by atoms with Crippen molar-refractivity contribution in [2.45, 2.75) is 25.7 Å². The minimum Gasteiger partial charge on any atom is -0.399 e. The van der Waals surface area contributed by atoms with Crippen LogP contribution in [-0.2, 0) is 9.53 Å². The lowest BCUT2D eigenvalue weighted by molar-refractivity contribution is -0.121. The van der Waals surface area contributed by atoms with Crippen LogP contribution in [0.3, 0.4) is 0 Å². The number of aromatic nitrogens is 1. The molecule has 21 heavy (non-hydrogen) atoms. The minimum atomic E-state index is -0.153. The monoisotopic (exact) mass is 305 g/mol. The maximum absolute atomic E-state index is 11.8. The fourth-order valence-corrected chi connectivity index (χ4v) is 3.58. The summed E-state index contributed by atoms with van der Waals surface area (Å²) in [5.74, 6) is 0.475. The van der Waals surface area contributed by atoms with Crippen molar-refractivity contribution in [3.05, 3.63) is 18.2 Å². The highest BCUT2D eigenvalue weighted by atomic mass is 32.1. The molecule has 5 nitrogen and oxygen atoms in total. The van der Waals surface area contributed by atoms with Crippen molar-refractivity contribution < 1.29 is 9.53 Å². The van der Waals surface area contributed by atoms with E-state index in [0.717, 1.165) is 10.2 Å². The van der Waals surface area contributed by atoms with Gasteiger partial charge in [-0.05, 0) is 37.0 Å². The van der Waals surface area contributed by atoms with Gasteiger partial charge in [-0.3, -0.25) is 10.1 Å². The number of hydrogen-bond donors (Lipinski definition) is 2. The molecule has 1 fully saturated rings. The summed E-state index contributed by atoms with van der Waals surface area (Å²) in [6.45, 7) is 0.776. The van der Waals surface area contributed by atoms with Crippen LogP contribution in [0.4, 0.5) is 10.8 Å². The Hall–Kier alpha value is -1.66. The molecule has 0 spiro atoms. The van der Waals surface area contributed by atoms with E-state index in [1.807, 2.05) is 12.1 Å². The summed E-state index contributed by atoms with van der Waals surface area (Å²) in [4.78, 5) is 16.2. The Labute approximate surface area is 127 Å². The highest BCUT2D eigenvalue weighted by Crippen LogP contribution is 2.27. The molecule has 1 aromatic carbocycles. The number of nitrogens with two attached hydrogens (primary N) is 1. The number of thiazole rings is 1. The van der Waals surface area contributed by atoms with E-state index in [2.05, 4.69) is 10.3 Å². The van der Waals surface area contributed by atoms with Gasteiger partial charge < -0.3 is 10.5 Å². The number of benzene rings is 1. The summed E-state index contributed by atoms with van der Waals surface area (Å²) in [5.41, 5.74) is 7.27. The SMILES string of the molecule is Nc1ccc2nc(NC(=O)COCC3CCCC3)sc2c1. The smallest absolute Gasteiger partial charge is 0.252 e. The Morgan fingerprint density at radius 2 is 2.24 bits per heavy atom.